The van der Waals surface area contributed by atoms with Crippen molar-refractivity contribution in [2.45, 2.75) is 26.2 Å². The van der Waals surface area contributed by atoms with Gasteiger partial charge in [0, 0.05) is 4.88 Å². The Labute approximate surface area is 79.8 Å². The average molecular weight is 266 g/mol. The Balaban J connectivity index is 2.42. The first-order valence-electron chi connectivity index (χ1n) is 3.57. The van der Waals surface area contributed by atoms with E-state index in [2.05, 4.69) is 41.6 Å². The van der Waals surface area contributed by atoms with Gasteiger partial charge in [-0.2, -0.15) is 0 Å². The molecule has 0 nitrogen and oxygen atoms in total. The zero-order valence-corrected chi connectivity index (χ0v) is 9.04. The molecule has 0 spiro atoms. The van der Waals surface area contributed by atoms with Crippen LogP contribution in [-0.4, -0.2) is 0 Å². The molecule has 0 bridgehead atoms. The normalized spacial score (nSPS) is 10.2. The molecule has 1 heterocycles. The van der Waals surface area contributed by atoms with Crippen LogP contribution in [0.3, 0.4) is 0 Å². The Morgan fingerprint density at radius 1 is 1.50 bits per heavy atom. The van der Waals surface area contributed by atoms with Crippen molar-refractivity contribution < 1.29 is 0 Å². The summed E-state index contributed by atoms with van der Waals surface area (Å²) < 4.78 is 1.41. The van der Waals surface area contributed by atoms with Crippen LogP contribution in [0.25, 0.3) is 0 Å². The fraction of sp³-hybridized carbons (Fsp3) is 0.500. The van der Waals surface area contributed by atoms with Crippen molar-refractivity contribution in [3.05, 3.63) is 19.9 Å². The molecule has 0 unspecified atom stereocenters. The van der Waals surface area contributed by atoms with Crippen LogP contribution in [0.15, 0.2) is 12.1 Å². The molecule has 10 heavy (non-hydrogen) atoms. The highest BCUT2D eigenvalue weighted by Crippen LogP contribution is 2.19. The van der Waals surface area contributed by atoms with Gasteiger partial charge in [-0.15, -0.1) is 11.3 Å². The number of aryl methyl sites for hydroxylation is 1. The van der Waals surface area contributed by atoms with Crippen LogP contribution in [0.4, 0.5) is 0 Å². The summed E-state index contributed by atoms with van der Waals surface area (Å²) in [5.41, 5.74) is 0. The molecule has 0 N–H and O–H groups in total. The summed E-state index contributed by atoms with van der Waals surface area (Å²) in [6, 6.07) is 4.43. The molecule has 0 aliphatic heterocycles. The third-order valence-electron chi connectivity index (χ3n) is 1.41. The minimum absolute atomic E-state index is 1.27. The average Bonchev–Trinajstić information content (AvgIpc) is 2.31. The van der Waals surface area contributed by atoms with Gasteiger partial charge >= 0.3 is 0 Å². The zero-order chi connectivity index (χ0) is 7.40. The zero-order valence-electron chi connectivity index (χ0n) is 6.06. The Morgan fingerprint density at radius 2 is 2.30 bits per heavy atom. The van der Waals surface area contributed by atoms with E-state index in [1.165, 1.54) is 27.0 Å². The van der Waals surface area contributed by atoms with E-state index >= 15 is 0 Å². The van der Waals surface area contributed by atoms with Crippen LogP contribution in [0.5, 0.6) is 0 Å². The van der Waals surface area contributed by atoms with Gasteiger partial charge in [0.2, 0.25) is 0 Å². The molecule has 1 aromatic heterocycles. The molecule has 56 valence electrons. The summed E-state index contributed by atoms with van der Waals surface area (Å²) in [5, 5.41) is 0. The van der Waals surface area contributed by atoms with Crippen LogP contribution in [0.2, 0.25) is 0 Å². The third kappa shape index (κ3) is 2.58. The molecule has 0 amide bonds. The maximum atomic E-state index is 2.37. The van der Waals surface area contributed by atoms with Crippen LogP contribution in [0.1, 0.15) is 24.6 Å². The van der Waals surface area contributed by atoms with Crippen molar-refractivity contribution in [3.8, 4) is 0 Å². The highest BCUT2D eigenvalue weighted by Gasteiger charge is 1.94. The first-order valence-corrected chi connectivity index (χ1v) is 5.46. The monoisotopic (exact) mass is 266 g/mol. The lowest BCUT2D eigenvalue weighted by atomic mass is 10.2. The van der Waals surface area contributed by atoms with E-state index in [-0.39, 0.29) is 0 Å². The molecule has 1 rings (SSSR count). The second kappa shape index (κ2) is 4.34. The fourth-order valence-electron chi connectivity index (χ4n) is 0.837. The molecule has 1 aromatic rings. The minimum atomic E-state index is 1.27. The van der Waals surface area contributed by atoms with E-state index in [9.17, 15) is 0 Å². The van der Waals surface area contributed by atoms with E-state index in [0.717, 1.165) is 0 Å². The van der Waals surface area contributed by atoms with Gasteiger partial charge in [0.15, 0.2) is 0 Å². The molecular weight excluding hydrogens is 255 g/mol. The first-order chi connectivity index (χ1) is 4.83. The van der Waals surface area contributed by atoms with Gasteiger partial charge in [0.1, 0.15) is 0 Å². The number of rotatable bonds is 3. The van der Waals surface area contributed by atoms with Crippen LogP contribution in [-0.2, 0) is 6.42 Å². The Hall–Kier alpha value is 0.430. The summed E-state index contributed by atoms with van der Waals surface area (Å²) in [7, 11) is 0. The van der Waals surface area contributed by atoms with Gasteiger partial charge in [-0.1, -0.05) is 13.3 Å². The van der Waals surface area contributed by atoms with Crippen LogP contribution >= 0.6 is 33.9 Å². The summed E-state index contributed by atoms with van der Waals surface area (Å²) >= 11 is 4.29. The molecule has 0 aliphatic carbocycles. The van der Waals surface area contributed by atoms with E-state index in [4.69, 9.17) is 0 Å². The summed E-state index contributed by atoms with van der Waals surface area (Å²) in [5.74, 6) is 0. The second-order valence-corrected chi connectivity index (χ2v) is 5.37. The standard InChI is InChI=1S/C8H11IS/c1-2-3-4-7-5-6-8(9)10-7/h5-6H,2-4H2,1H3. The van der Waals surface area contributed by atoms with Crippen molar-refractivity contribution in [2.24, 2.45) is 0 Å². The minimum Gasteiger partial charge on any atom is -0.134 e. The molecule has 0 aromatic carbocycles. The van der Waals surface area contributed by atoms with Crippen LogP contribution < -0.4 is 0 Å². The number of thiophene rings is 1. The SMILES string of the molecule is CCCCc1ccc(I)s1. The summed E-state index contributed by atoms with van der Waals surface area (Å²) in [6.45, 7) is 2.23. The lowest BCUT2D eigenvalue weighted by molar-refractivity contribution is 0.804. The Kier molecular flexibility index (Phi) is 3.70. The van der Waals surface area contributed by atoms with E-state index < -0.39 is 0 Å². The third-order valence-corrected chi connectivity index (χ3v) is 3.36. The smallest absolute Gasteiger partial charge is 0.0656 e. The molecule has 0 fully saturated rings. The van der Waals surface area contributed by atoms with Crippen molar-refractivity contribution in [2.75, 3.05) is 0 Å². The maximum absolute atomic E-state index is 2.37. The summed E-state index contributed by atoms with van der Waals surface area (Å²) in [4.78, 5) is 1.53. The second-order valence-electron chi connectivity index (χ2n) is 2.31. The molecule has 0 saturated heterocycles. The molecule has 2 heteroatoms. The van der Waals surface area contributed by atoms with Gasteiger partial charge in [0.05, 0.1) is 2.88 Å². The van der Waals surface area contributed by atoms with Gasteiger partial charge in [0.25, 0.3) is 0 Å². The number of hydrogen-bond donors (Lipinski definition) is 0. The Bertz CT molecular complexity index is 193. The first kappa shape index (κ1) is 8.53. The lowest BCUT2D eigenvalue weighted by Gasteiger charge is -1.90. The molecular formula is C8H11IS. The lowest BCUT2D eigenvalue weighted by Crippen LogP contribution is -1.76. The highest BCUT2D eigenvalue weighted by atomic mass is 127. The van der Waals surface area contributed by atoms with Gasteiger partial charge in [-0.3, -0.25) is 0 Å². The largest absolute Gasteiger partial charge is 0.134 e. The van der Waals surface area contributed by atoms with E-state index in [1.807, 2.05) is 11.3 Å². The predicted octanol–water partition coefficient (Wildman–Crippen LogP) is 3.70. The molecule has 0 saturated carbocycles. The quantitative estimate of drug-likeness (QED) is 0.732. The molecule has 0 radical (unpaired) electrons. The van der Waals surface area contributed by atoms with Crippen LogP contribution in [0, 0.1) is 2.88 Å². The van der Waals surface area contributed by atoms with Gasteiger partial charge in [-0.05, 0) is 47.6 Å². The van der Waals surface area contributed by atoms with E-state index in [0.29, 0.717) is 0 Å². The fourth-order valence-corrected chi connectivity index (χ4v) is 2.63. The summed E-state index contributed by atoms with van der Waals surface area (Å²) in [6.07, 6.45) is 3.90. The van der Waals surface area contributed by atoms with E-state index in [1.54, 1.807) is 0 Å². The van der Waals surface area contributed by atoms with Gasteiger partial charge in [-0.25, -0.2) is 0 Å². The Morgan fingerprint density at radius 3 is 2.80 bits per heavy atom. The number of unbranched alkanes of at least 4 members (excludes halogenated alkanes) is 1. The topological polar surface area (TPSA) is 0 Å². The predicted molar refractivity (Wildman–Crippen MR) is 55.6 cm³/mol. The number of halogens is 1. The molecule has 0 atom stereocenters. The van der Waals surface area contributed by atoms with Crippen molar-refractivity contribution >= 4 is 33.9 Å². The van der Waals surface area contributed by atoms with Crippen molar-refractivity contribution in [1.82, 2.24) is 0 Å². The highest BCUT2D eigenvalue weighted by molar-refractivity contribution is 14.1. The van der Waals surface area contributed by atoms with Gasteiger partial charge < -0.3 is 0 Å². The van der Waals surface area contributed by atoms with Crippen molar-refractivity contribution in [1.29, 1.82) is 0 Å². The maximum Gasteiger partial charge on any atom is 0.0656 e. The number of hydrogen-bond acceptors (Lipinski definition) is 1. The van der Waals surface area contributed by atoms with Crippen molar-refractivity contribution in [3.63, 3.8) is 0 Å². The molecule has 0 aliphatic rings.